The van der Waals surface area contributed by atoms with Crippen LogP contribution in [-0.4, -0.2) is 46.4 Å². The van der Waals surface area contributed by atoms with Crippen LogP contribution in [0.1, 0.15) is 23.6 Å². The SMILES string of the molecule is CC1CN(Cc2cccc(CNC(=O)Cc3cnn(-c4ccccc4)c3)c2)CCO1. The van der Waals surface area contributed by atoms with E-state index in [1.165, 1.54) is 5.56 Å². The van der Waals surface area contributed by atoms with Gasteiger partial charge in [-0.1, -0.05) is 42.5 Å². The molecule has 156 valence electrons. The molecular weight excluding hydrogens is 376 g/mol. The van der Waals surface area contributed by atoms with E-state index >= 15 is 0 Å². The highest BCUT2D eigenvalue weighted by molar-refractivity contribution is 5.78. The number of morpholine rings is 1. The van der Waals surface area contributed by atoms with Crippen LogP contribution in [0.5, 0.6) is 0 Å². The highest BCUT2D eigenvalue weighted by Crippen LogP contribution is 2.12. The summed E-state index contributed by atoms with van der Waals surface area (Å²) in [4.78, 5) is 14.8. The summed E-state index contributed by atoms with van der Waals surface area (Å²) in [7, 11) is 0. The lowest BCUT2D eigenvalue weighted by Crippen LogP contribution is -2.40. The Bertz CT molecular complexity index is 970. The quantitative estimate of drug-likeness (QED) is 0.658. The zero-order chi connectivity index (χ0) is 20.8. The fraction of sp³-hybridized carbons (Fsp3) is 0.333. The molecule has 1 atom stereocenters. The minimum Gasteiger partial charge on any atom is -0.376 e. The van der Waals surface area contributed by atoms with Gasteiger partial charge in [0.25, 0.3) is 0 Å². The van der Waals surface area contributed by atoms with Crippen molar-refractivity contribution in [3.05, 3.63) is 83.7 Å². The number of hydrogen-bond donors (Lipinski definition) is 1. The summed E-state index contributed by atoms with van der Waals surface area (Å²) in [6.45, 7) is 6.26. The van der Waals surface area contributed by atoms with Crippen molar-refractivity contribution >= 4 is 5.91 Å². The molecule has 2 aromatic carbocycles. The molecule has 2 heterocycles. The third-order valence-corrected chi connectivity index (χ3v) is 5.23. The lowest BCUT2D eigenvalue weighted by atomic mass is 10.1. The van der Waals surface area contributed by atoms with Gasteiger partial charge in [0.05, 0.1) is 31.0 Å². The Labute approximate surface area is 177 Å². The van der Waals surface area contributed by atoms with Crippen LogP contribution in [0, 0.1) is 0 Å². The predicted octanol–water partition coefficient (Wildman–Crippen LogP) is 2.95. The molecule has 1 fully saturated rings. The summed E-state index contributed by atoms with van der Waals surface area (Å²) in [6.07, 6.45) is 4.25. The molecule has 6 nitrogen and oxygen atoms in total. The monoisotopic (exact) mass is 404 g/mol. The fourth-order valence-corrected chi connectivity index (χ4v) is 3.75. The Kier molecular flexibility index (Phi) is 6.57. The largest absolute Gasteiger partial charge is 0.376 e. The summed E-state index contributed by atoms with van der Waals surface area (Å²) < 4.78 is 7.40. The second-order valence-electron chi connectivity index (χ2n) is 7.82. The van der Waals surface area contributed by atoms with Crippen molar-refractivity contribution in [3.63, 3.8) is 0 Å². The number of amides is 1. The van der Waals surface area contributed by atoms with E-state index in [0.29, 0.717) is 13.0 Å². The van der Waals surface area contributed by atoms with Gasteiger partial charge in [-0.3, -0.25) is 9.69 Å². The topological polar surface area (TPSA) is 59.4 Å². The highest BCUT2D eigenvalue weighted by atomic mass is 16.5. The lowest BCUT2D eigenvalue weighted by Gasteiger charge is -2.31. The maximum absolute atomic E-state index is 12.4. The molecule has 1 saturated heterocycles. The molecule has 1 N–H and O–H groups in total. The number of aromatic nitrogens is 2. The summed E-state index contributed by atoms with van der Waals surface area (Å²) in [5.41, 5.74) is 4.25. The zero-order valence-corrected chi connectivity index (χ0v) is 17.3. The molecule has 0 saturated carbocycles. The van der Waals surface area contributed by atoms with Crippen molar-refractivity contribution in [3.8, 4) is 5.69 Å². The van der Waals surface area contributed by atoms with E-state index in [1.807, 2.05) is 36.5 Å². The Morgan fingerprint density at radius 2 is 1.97 bits per heavy atom. The number of para-hydroxylation sites is 1. The Morgan fingerprint density at radius 1 is 1.13 bits per heavy atom. The number of nitrogens with zero attached hydrogens (tertiary/aromatic N) is 3. The molecule has 1 aromatic heterocycles. The maximum Gasteiger partial charge on any atom is 0.224 e. The Balaban J connectivity index is 1.28. The van der Waals surface area contributed by atoms with Gasteiger partial charge in [0.15, 0.2) is 0 Å². The minimum absolute atomic E-state index is 0.00461. The van der Waals surface area contributed by atoms with Gasteiger partial charge in [0, 0.05) is 32.4 Å². The van der Waals surface area contributed by atoms with Crippen LogP contribution >= 0.6 is 0 Å². The van der Waals surface area contributed by atoms with Crippen LogP contribution in [-0.2, 0) is 29.0 Å². The van der Waals surface area contributed by atoms with E-state index in [2.05, 4.69) is 46.5 Å². The van der Waals surface area contributed by atoms with Gasteiger partial charge in [0.1, 0.15) is 0 Å². The van der Waals surface area contributed by atoms with Crippen LogP contribution in [0.2, 0.25) is 0 Å². The number of rotatable bonds is 7. The number of benzene rings is 2. The van der Waals surface area contributed by atoms with E-state index in [-0.39, 0.29) is 12.0 Å². The normalized spacial score (nSPS) is 17.0. The van der Waals surface area contributed by atoms with Gasteiger partial charge in [-0.15, -0.1) is 0 Å². The molecule has 1 amide bonds. The summed E-state index contributed by atoms with van der Waals surface area (Å²) >= 11 is 0. The van der Waals surface area contributed by atoms with E-state index in [4.69, 9.17) is 4.74 Å². The molecule has 0 radical (unpaired) electrons. The molecule has 4 rings (SSSR count). The smallest absolute Gasteiger partial charge is 0.224 e. The van der Waals surface area contributed by atoms with Crippen molar-refractivity contribution in [2.45, 2.75) is 32.5 Å². The van der Waals surface area contributed by atoms with E-state index < -0.39 is 0 Å². The van der Waals surface area contributed by atoms with Crippen LogP contribution in [0.3, 0.4) is 0 Å². The molecule has 1 aliphatic heterocycles. The van der Waals surface area contributed by atoms with Crippen molar-refractivity contribution in [2.24, 2.45) is 0 Å². The molecule has 0 spiro atoms. The Morgan fingerprint density at radius 3 is 2.80 bits per heavy atom. The average molecular weight is 405 g/mol. The third-order valence-electron chi connectivity index (χ3n) is 5.23. The summed E-state index contributed by atoms with van der Waals surface area (Å²) in [6, 6.07) is 18.3. The number of ether oxygens (including phenoxy) is 1. The molecular formula is C24H28N4O2. The van der Waals surface area contributed by atoms with Crippen LogP contribution in [0.25, 0.3) is 5.69 Å². The molecule has 3 aromatic rings. The minimum atomic E-state index is -0.00461. The molecule has 0 bridgehead atoms. The van der Waals surface area contributed by atoms with Crippen molar-refractivity contribution < 1.29 is 9.53 Å². The van der Waals surface area contributed by atoms with Crippen molar-refractivity contribution in [2.75, 3.05) is 19.7 Å². The molecule has 30 heavy (non-hydrogen) atoms. The third kappa shape index (κ3) is 5.55. The summed E-state index contributed by atoms with van der Waals surface area (Å²) in [5.74, 6) is -0.00461. The molecule has 6 heteroatoms. The fourth-order valence-electron chi connectivity index (χ4n) is 3.75. The van der Waals surface area contributed by atoms with E-state index in [9.17, 15) is 4.79 Å². The van der Waals surface area contributed by atoms with E-state index in [1.54, 1.807) is 10.9 Å². The van der Waals surface area contributed by atoms with Gasteiger partial charge in [-0.25, -0.2) is 4.68 Å². The molecule has 1 unspecified atom stereocenters. The van der Waals surface area contributed by atoms with Gasteiger partial charge in [0.2, 0.25) is 5.91 Å². The van der Waals surface area contributed by atoms with Gasteiger partial charge >= 0.3 is 0 Å². The second-order valence-corrected chi connectivity index (χ2v) is 7.82. The first-order valence-electron chi connectivity index (χ1n) is 10.4. The predicted molar refractivity (Wildman–Crippen MR) is 116 cm³/mol. The zero-order valence-electron chi connectivity index (χ0n) is 17.3. The van der Waals surface area contributed by atoms with Crippen molar-refractivity contribution in [1.29, 1.82) is 0 Å². The van der Waals surface area contributed by atoms with Gasteiger partial charge in [-0.2, -0.15) is 5.10 Å². The first-order chi connectivity index (χ1) is 14.7. The maximum atomic E-state index is 12.4. The lowest BCUT2D eigenvalue weighted by molar-refractivity contribution is -0.120. The van der Waals surface area contributed by atoms with E-state index in [0.717, 1.165) is 43.1 Å². The first kappa shape index (κ1) is 20.3. The Hall–Kier alpha value is -2.96. The highest BCUT2D eigenvalue weighted by Gasteiger charge is 2.16. The second kappa shape index (κ2) is 9.69. The number of carbonyl (C=O) groups is 1. The van der Waals surface area contributed by atoms with Crippen LogP contribution in [0.15, 0.2) is 67.0 Å². The number of nitrogens with one attached hydrogen (secondary N) is 1. The number of hydrogen-bond acceptors (Lipinski definition) is 4. The number of carbonyl (C=O) groups excluding carboxylic acids is 1. The first-order valence-corrected chi connectivity index (χ1v) is 10.4. The van der Waals surface area contributed by atoms with Gasteiger partial charge in [-0.05, 0) is 35.7 Å². The molecule has 0 aliphatic carbocycles. The van der Waals surface area contributed by atoms with Crippen LogP contribution in [0.4, 0.5) is 0 Å². The standard InChI is InChI=1S/C24H28N4O2/c1-19-16-27(10-11-30-19)17-21-7-5-6-20(12-21)14-25-24(29)13-22-15-26-28(18-22)23-8-3-2-4-9-23/h2-9,12,15,18-19H,10-11,13-14,16-17H2,1H3,(H,25,29). The van der Waals surface area contributed by atoms with Gasteiger partial charge < -0.3 is 10.1 Å². The summed E-state index contributed by atoms with van der Waals surface area (Å²) in [5, 5.41) is 7.38. The van der Waals surface area contributed by atoms with Crippen LogP contribution < -0.4 is 5.32 Å². The molecule has 1 aliphatic rings. The van der Waals surface area contributed by atoms with Crippen molar-refractivity contribution in [1.82, 2.24) is 20.0 Å². The average Bonchev–Trinajstić information content (AvgIpc) is 3.22.